The molecule has 0 rings (SSSR count). The van der Waals surface area contributed by atoms with Crippen LogP contribution >= 0.6 is 0 Å². The summed E-state index contributed by atoms with van der Waals surface area (Å²) in [4.78, 5) is 21.8. The smallest absolute Gasteiger partial charge is 0.298 e. The third-order valence-corrected chi connectivity index (χ3v) is 2.80. The fourth-order valence-corrected chi connectivity index (χ4v) is 2.38. The summed E-state index contributed by atoms with van der Waals surface area (Å²) in [6, 6.07) is 0. The molecule has 0 aliphatic heterocycles. The summed E-state index contributed by atoms with van der Waals surface area (Å²) in [6.07, 6.45) is 6.92. The van der Waals surface area contributed by atoms with E-state index in [0.717, 1.165) is 19.3 Å². The maximum Gasteiger partial charge on any atom is 0.342 e. The fourth-order valence-electron chi connectivity index (χ4n) is 2.38. The van der Waals surface area contributed by atoms with Gasteiger partial charge in [0.15, 0.2) is 0 Å². The Morgan fingerprint density at radius 3 is 2.05 bits per heavy atom. The highest BCUT2D eigenvalue weighted by Gasteiger charge is 2.28. The number of carbonyl (C=O) groups is 1. The van der Waals surface area contributed by atoms with Crippen molar-refractivity contribution < 1.29 is 14.6 Å². The number of hydrogen-bond acceptors (Lipinski definition) is 3. The maximum absolute atomic E-state index is 11.5. The monoisotopic (exact) mass is 272 g/mol. The van der Waals surface area contributed by atoms with Crippen molar-refractivity contribution in [2.75, 3.05) is 0 Å². The summed E-state index contributed by atoms with van der Waals surface area (Å²) in [5.41, 5.74) is -0.286. The van der Waals surface area contributed by atoms with Gasteiger partial charge in [-0.3, -0.25) is 4.89 Å². The molecule has 0 aromatic carbocycles. The Morgan fingerprint density at radius 2 is 1.53 bits per heavy atom. The van der Waals surface area contributed by atoms with Crippen LogP contribution in [0.25, 0.3) is 0 Å². The molecule has 3 heteroatoms. The first-order valence-electron chi connectivity index (χ1n) is 7.55. The molecule has 0 atom stereocenters. The SMILES string of the molecule is CCCCCCCC(=O)OOC(C)(C)CC(C)(C)C. The van der Waals surface area contributed by atoms with E-state index >= 15 is 0 Å². The molecule has 0 amide bonds. The van der Waals surface area contributed by atoms with Gasteiger partial charge in [-0.15, -0.1) is 0 Å². The van der Waals surface area contributed by atoms with Crippen LogP contribution < -0.4 is 0 Å². The Morgan fingerprint density at radius 1 is 0.947 bits per heavy atom. The van der Waals surface area contributed by atoms with E-state index in [0.29, 0.717) is 6.42 Å². The van der Waals surface area contributed by atoms with E-state index in [1.807, 2.05) is 13.8 Å². The summed E-state index contributed by atoms with van der Waals surface area (Å²) in [5, 5.41) is 0. The van der Waals surface area contributed by atoms with Gasteiger partial charge in [-0.1, -0.05) is 53.4 Å². The highest BCUT2D eigenvalue weighted by atomic mass is 17.2. The molecule has 0 N–H and O–H groups in total. The molecule has 3 nitrogen and oxygen atoms in total. The van der Waals surface area contributed by atoms with Gasteiger partial charge in [0, 0.05) is 6.42 Å². The van der Waals surface area contributed by atoms with Crippen LogP contribution in [0, 0.1) is 5.41 Å². The second-order valence-corrected chi connectivity index (χ2v) is 7.20. The third-order valence-electron chi connectivity index (χ3n) is 2.80. The zero-order chi connectivity index (χ0) is 14.9. The summed E-state index contributed by atoms with van der Waals surface area (Å²) in [5.74, 6) is -0.251. The highest BCUT2D eigenvalue weighted by molar-refractivity contribution is 5.68. The minimum Gasteiger partial charge on any atom is -0.298 e. The predicted molar refractivity (Wildman–Crippen MR) is 78.7 cm³/mol. The van der Waals surface area contributed by atoms with Gasteiger partial charge in [0.05, 0.1) is 0 Å². The van der Waals surface area contributed by atoms with E-state index in [9.17, 15) is 4.79 Å². The molecular weight excluding hydrogens is 240 g/mol. The zero-order valence-electron chi connectivity index (χ0n) is 13.7. The van der Waals surface area contributed by atoms with Crippen LogP contribution in [0.1, 0.15) is 86.5 Å². The average Bonchev–Trinajstić information content (AvgIpc) is 2.23. The van der Waals surface area contributed by atoms with Crippen molar-refractivity contribution in [3.63, 3.8) is 0 Å². The quantitative estimate of drug-likeness (QED) is 0.335. The van der Waals surface area contributed by atoms with Gasteiger partial charge in [-0.25, -0.2) is 4.79 Å². The lowest BCUT2D eigenvalue weighted by Crippen LogP contribution is -2.31. The summed E-state index contributed by atoms with van der Waals surface area (Å²) in [6.45, 7) is 12.5. The van der Waals surface area contributed by atoms with Gasteiger partial charge in [0.1, 0.15) is 5.60 Å². The molecule has 0 aliphatic carbocycles. The normalized spacial score (nSPS) is 12.5. The molecule has 0 spiro atoms. The third kappa shape index (κ3) is 12.2. The first kappa shape index (κ1) is 18.4. The lowest BCUT2D eigenvalue weighted by Gasteiger charge is -2.30. The second-order valence-electron chi connectivity index (χ2n) is 7.20. The average molecular weight is 272 g/mol. The van der Waals surface area contributed by atoms with Gasteiger partial charge in [0.2, 0.25) is 0 Å². The van der Waals surface area contributed by atoms with E-state index in [4.69, 9.17) is 9.78 Å². The van der Waals surface area contributed by atoms with E-state index in [-0.39, 0.29) is 11.4 Å². The van der Waals surface area contributed by atoms with Gasteiger partial charge in [0.25, 0.3) is 0 Å². The van der Waals surface area contributed by atoms with Crippen molar-refractivity contribution in [2.45, 2.75) is 92.1 Å². The van der Waals surface area contributed by atoms with Crippen LogP contribution in [0.2, 0.25) is 0 Å². The Kier molecular flexibility index (Phi) is 8.31. The molecule has 114 valence electrons. The molecule has 0 bridgehead atoms. The van der Waals surface area contributed by atoms with E-state index in [1.54, 1.807) is 0 Å². The number of unbranched alkanes of at least 4 members (excludes halogenated alkanes) is 4. The molecule has 0 fully saturated rings. The highest BCUT2D eigenvalue weighted by Crippen LogP contribution is 2.29. The Bertz CT molecular complexity index is 251. The summed E-state index contributed by atoms with van der Waals surface area (Å²) < 4.78 is 0. The van der Waals surface area contributed by atoms with Crippen LogP contribution in [0.4, 0.5) is 0 Å². The summed E-state index contributed by atoms with van der Waals surface area (Å²) >= 11 is 0. The minimum absolute atomic E-state index is 0.149. The molecule has 0 aromatic rings. The van der Waals surface area contributed by atoms with Crippen molar-refractivity contribution in [1.82, 2.24) is 0 Å². The minimum atomic E-state index is -0.434. The van der Waals surface area contributed by atoms with Crippen molar-refractivity contribution in [3.05, 3.63) is 0 Å². The molecule has 0 aromatic heterocycles. The molecule has 0 saturated carbocycles. The Labute approximate surface area is 119 Å². The lowest BCUT2D eigenvalue weighted by molar-refractivity contribution is -0.329. The van der Waals surface area contributed by atoms with E-state index in [2.05, 4.69) is 27.7 Å². The molecule has 0 radical (unpaired) electrons. The van der Waals surface area contributed by atoms with Crippen LogP contribution in [0.5, 0.6) is 0 Å². The Balaban J connectivity index is 3.77. The van der Waals surface area contributed by atoms with Gasteiger partial charge < -0.3 is 0 Å². The van der Waals surface area contributed by atoms with Crippen molar-refractivity contribution >= 4 is 5.97 Å². The zero-order valence-corrected chi connectivity index (χ0v) is 13.7. The first-order valence-corrected chi connectivity index (χ1v) is 7.55. The van der Waals surface area contributed by atoms with Crippen LogP contribution in [0.15, 0.2) is 0 Å². The lowest BCUT2D eigenvalue weighted by atomic mass is 9.84. The number of carbonyl (C=O) groups excluding carboxylic acids is 1. The Hall–Kier alpha value is -0.570. The van der Waals surface area contributed by atoms with Crippen LogP contribution in [-0.4, -0.2) is 11.6 Å². The van der Waals surface area contributed by atoms with Crippen molar-refractivity contribution in [2.24, 2.45) is 5.41 Å². The largest absolute Gasteiger partial charge is 0.342 e. The number of hydrogen-bond donors (Lipinski definition) is 0. The second kappa shape index (κ2) is 8.57. The topological polar surface area (TPSA) is 35.5 Å². The van der Waals surface area contributed by atoms with E-state index < -0.39 is 5.60 Å². The van der Waals surface area contributed by atoms with Crippen molar-refractivity contribution in [1.29, 1.82) is 0 Å². The van der Waals surface area contributed by atoms with Gasteiger partial charge in [-0.05, 0) is 32.1 Å². The summed E-state index contributed by atoms with van der Waals surface area (Å²) in [7, 11) is 0. The van der Waals surface area contributed by atoms with E-state index in [1.165, 1.54) is 19.3 Å². The van der Waals surface area contributed by atoms with Gasteiger partial charge in [-0.2, -0.15) is 4.89 Å². The van der Waals surface area contributed by atoms with Gasteiger partial charge >= 0.3 is 5.97 Å². The standard InChI is InChI=1S/C16H32O3/c1-7-8-9-10-11-12-14(17)18-19-16(5,6)13-15(2,3)4/h7-13H2,1-6H3. The molecule has 0 heterocycles. The maximum atomic E-state index is 11.5. The molecule has 0 saturated heterocycles. The predicted octanol–water partition coefficient (Wildman–Crippen LogP) is 5.04. The van der Waals surface area contributed by atoms with Crippen LogP contribution in [0.3, 0.4) is 0 Å². The van der Waals surface area contributed by atoms with Crippen LogP contribution in [-0.2, 0) is 14.6 Å². The molecular formula is C16H32O3. The fraction of sp³-hybridized carbons (Fsp3) is 0.938. The number of rotatable bonds is 9. The van der Waals surface area contributed by atoms with Crippen molar-refractivity contribution in [3.8, 4) is 0 Å². The molecule has 0 aliphatic rings. The first-order chi connectivity index (χ1) is 8.66. The molecule has 0 unspecified atom stereocenters. The molecule has 19 heavy (non-hydrogen) atoms.